The van der Waals surface area contributed by atoms with Crippen molar-refractivity contribution in [3.63, 3.8) is 0 Å². The van der Waals surface area contributed by atoms with E-state index in [1.165, 1.54) is 32.1 Å². The van der Waals surface area contributed by atoms with Crippen LogP contribution in [0, 0.1) is 29.6 Å². The number of hydrogen-bond donors (Lipinski definition) is 1. The molecule has 0 aliphatic heterocycles. The van der Waals surface area contributed by atoms with E-state index in [0.29, 0.717) is 5.56 Å². The molecule has 3 nitrogen and oxygen atoms in total. The minimum atomic E-state index is -0.822. The maximum atomic E-state index is 11.3. The van der Waals surface area contributed by atoms with Crippen molar-refractivity contribution in [2.45, 2.75) is 44.9 Å². The van der Waals surface area contributed by atoms with Crippen molar-refractivity contribution in [3.05, 3.63) is 29.6 Å². The largest absolute Gasteiger partial charge is 0.478 e. The van der Waals surface area contributed by atoms with Crippen molar-refractivity contribution in [1.29, 1.82) is 0 Å². The quantitative estimate of drug-likeness (QED) is 0.915. The second-order valence-corrected chi connectivity index (χ2v) is 7.47. The lowest BCUT2D eigenvalue weighted by molar-refractivity contribution is -0.0394. The molecule has 0 amide bonds. The third-order valence-corrected chi connectivity index (χ3v) is 6.30. The van der Waals surface area contributed by atoms with Crippen LogP contribution in [0.15, 0.2) is 18.5 Å². The monoisotopic (exact) mass is 285 g/mol. The van der Waals surface area contributed by atoms with Crippen LogP contribution in [-0.4, -0.2) is 16.1 Å². The van der Waals surface area contributed by atoms with Gasteiger partial charge < -0.3 is 5.11 Å². The topological polar surface area (TPSA) is 50.2 Å². The first-order valence-corrected chi connectivity index (χ1v) is 8.37. The molecular weight excluding hydrogens is 262 g/mol. The Morgan fingerprint density at radius 3 is 2.43 bits per heavy atom. The summed E-state index contributed by atoms with van der Waals surface area (Å²) < 4.78 is 0. The highest BCUT2D eigenvalue weighted by molar-refractivity contribution is 5.89. The Kier molecular flexibility index (Phi) is 3.24. The Hall–Kier alpha value is -1.38. The molecule has 21 heavy (non-hydrogen) atoms. The van der Waals surface area contributed by atoms with Gasteiger partial charge in [-0.05, 0) is 86.2 Å². The Morgan fingerprint density at radius 2 is 1.81 bits per heavy atom. The van der Waals surface area contributed by atoms with Crippen molar-refractivity contribution in [1.82, 2.24) is 4.98 Å². The predicted molar refractivity (Wildman–Crippen MR) is 80.1 cm³/mol. The van der Waals surface area contributed by atoms with Crippen molar-refractivity contribution >= 4 is 5.97 Å². The number of pyridine rings is 1. The summed E-state index contributed by atoms with van der Waals surface area (Å²) in [6.45, 7) is 0. The lowest BCUT2D eigenvalue weighted by Crippen LogP contribution is -2.45. The maximum absolute atomic E-state index is 11.3. The average Bonchev–Trinajstić information content (AvgIpc) is 2.46. The van der Waals surface area contributed by atoms with Crippen LogP contribution in [0.2, 0.25) is 0 Å². The molecule has 0 atom stereocenters. The summed E-state index contributed by atoms with van der Waals surface area (Å²) >= 11 is 0. The average molecular weight is 285 g/mol. The first-order chi connectivity index (χ1) is 10.2. The van der Waals surface area contributed by atoms with E-state index in [9.17, 15) is 9.90 Å². The van der Waals surface area contributed by atoms with Crippen LogP contribution in [-0.2, 0) is 6.42 Å². The third kappa shape index (κ3) is 2.37. The SMILES string of the molecule is O=C(O)c1ccncc1CCC1C2CC3CC(C2)CC1C3. The number of carboxylic acid groups (broad SMARTS) is 1. The first-order valence-electron chi connectivity index (χ1n) is 8.37. The van der Waals surface area contributed by atoms with Gasteiger partial charge in [0.1, 0.15) is 0 Å². The molecule has 1 N–H and O–H groups in total. The lowest BCUT2D eigenvalue weighted by Gasteiger charge is -2.54. The Morgan fingerprint density at radius 1 is 1.14 bits per heavy atom. The number of rotatable bonds is 4. The predicted octanol–water partition coefficient (Wildman–Crippen LogP) is 3.78. The van der Waals surface area contributed by atoms with Gasteiger partial charge in [-0.25, -0.2) is 4.79 Å². The van der Waals surface area contributed by atoms with Gasteiger partial charge in [0, 0.05) is 12.4 Å². The fraction of sp³-hybridized carbons (Fsp3) is 0.667. The van der Waals surface area contributed by atoms with Crippen LogP contribution < -0.4 is 0 Å². The molecule has 0 unspecified atom stereocenters. The van der Waals surface area contributed by atoms with E-state index in [0.717, 1.165) is 48.0 Å². The standard InChI is InChI=1S/C18H23NO2/c20-18(21)17-3-4-19-10-13(17)1-2-16-14-6-11-5-12(8-14)9-15(16)7-11/h3-4,10-12,14-16H,1-2,5-9H2,(H,20,21). The smallest absolute Gasteiger partial charge is 0.336 e. The summed E-state index contributed by atoms with van der Waals surface area (Å²) in [6, 6.07) is 1.63. The molecule has 5 rings (SSSR count). The molecule has 0 aromatic carbocycles. The summed E-state index contributed by atoms with van der Waals surface area (Å²) in [6.07, 6.45) is 12.6. The van der Waals surface area contributed by atoms with E-state index in [4.69, 9.17) is 0 Å². The van der Waals surface area contributed by atoms with Crippen LogP contribution in [0.4, 0.5) is 0 Å². The number of aromatic carboxylic acids is 1. The maximum Gasteiger partial charge on any atom is 0.336 e. The zero-order valence-electron chi connectivity index (χ0n) is 12.4. The molecular formula is C18H23NO2. The highest BCUT2D eigenvalue weighted by Gasteiger charge is 2.47. The molecule has 112 valence electrons. The van der Waals surface area contributed by atoms with Crippen molar-refractivity contribution in [2.24, 2.45) is 29.6 Å². The zero-order chi connectivity index (χ0) is 14.4. The fourth-order valence-corrected chi connectivity index (χ4v) is 5.67. The van der Waals surface area contributed by atoms with Gasteiger partial charge >= 0.3 is 5.97 Å². The van der Waals surface area contributed by atoms with E-state index in [-0.39, 0.29) is 0 Å². The first kappa shape index (κ1) is 13.3. The summed E-state index contributed by atoms with van der Waals surface area (Å²) in [5, 5.41) is 9.28. The van der Waals surface area contributed by atoms with Crippen LogP contribution in [0.25, 0.3) is 0 Å². The summed E-state index contributed by atoms with van der Waals surface area (Å²) in [4.78, 5) is 15.4. The van der Waals surface area contributed by atoms with Gasteiger partial charge in [-0.15, -0.1) is 0 Å². The molecule has 4 bridgehead atoms. The van der Waals surface area contributed by atoms with Crippen molar-refractivity contribution in [3.8, 4) is 0 Å². The molecule has 0 saturated heterocycles. The second-order valence-electron chi connectivity index (χ2n) is 7.47. The van der Waals surface area contributed by atoms with Gasteiger partial charge in [0.2, 0.25) is 0 Å². The third-order valence-electron chi connectivity index (χ3n) is 6.30. The molecule has 0 spiro atoms. The summed E-state index contributed by atoms with van der Waals surface area (Å²) in [5.41, 5.74) is 1.35. The Labute approximate surface area is 125 Å². The van der Waals surface area contributed by atoms with E-state index in [1.807, 2.05) is 0 Å². The van der Waals surface area contributed by atoms with Gasteiger partial charge in [0.15, 0.2) is 0 Å². The van der Waals surface area contributed by atoms with E-state index in [1.54, 1.807) is 18.5 Å². The highest BCUT2D eigenvalue weighted by atomic mass is 16.4. The molecule has 4 aliphatic carbocycles. The van der Waals surface area contributed by atoms with Gasteiger partial charge in [0.25, 0.3) is 0 Å². The molecule has 4 saturated carbocycles. The number of nitrogens with zero attached hydrogens (tertiary/aromatic N) is 1. The van der Waals surface area contributed by atoms with Gasteiger partial charge in [-0.1, -0.05) is 0 Å². The molecule has 1 aromatic heterocycles. The lowest BCUT2D eigenvalue weighted by atomic mass is 9.51. The second kappa shape index (κ2) is 5.11. The van der Waals surface area contributed by atoms with E-state index in [2.05, 4.69) is 4.98 Å². The molecule has 3 heteroatoms. The molecule has 4 aliphatic rings. The summed E-state index contributed by atoms with van der Waals surface area (Å²) in [5.74, 6) is 3.88. The van der Waals surface area contributed by atoms with Crippen LogP contribution in [0.1, 0.15) is 54.4 Å². The zero-order valence-corrected chi connectivity index (χ0v) is 12.4. The van der Waals surface area contributed by atoms with Crippen molar-refractivity contribution < 1.29 is 9.90 Å². The minimum Gasteiger partial charge on any atom is -0.478 e. The Balaban J connectivity index is 1.47. The minimum absolute atomic E-state index is 0.439. The molecule has 1 heterocycles. The normalized spacial score (nSPS) is 36.9. The number of aryl methyl sites for hydroxylation is 1. The fourth-order valence-electron chi connectivity index (χ4n) is 5.67. The van der Waals surface area contributed by atoms with Gasteiger partial charge in [-0.2, -0.15) is 0 Å². The van der Waals surface area contributed by atoms with E-state index < -0.39 is 5.97 Å². The van der Waals surface area contributed by atoms with Crippen LogP contribution in [0.3, 0.4) is 0 Å². The van der Waals surface area contributed by atoms with E-state index >= 15 is 0 Å². The highest BCUT2D eigenvalue weighted by Crippen LogP contribution is 2.57. The number of carbonyl (C=O) groups is 1. The number of hydrogen-bond acceptors (Lipinski definition) is 2. The van der Waals surface area contributed by atoms with Gasteiger partial charge in [-0.3, -0.25) is 4.98 Å². The molecule has 4 fully saturated rings. The van der Waals surface area contributed by atoms with Crippen LogP contribution >= 0.6 is 0 Å². The number of aromatic nitrogens is 1. The molecule has 0 radical (unpaired) electrons. The van der Waals surface area contributed by atoms with Crippen molar-refractivity contribution in [2.75, 3.05) is 0 Å². The molecule has 1 aromatic rings. The van der Waals surface area contributed by atoms with Gasteiger partial charge in [0.05, 0.1) is 5.56 Å². The van der Waals surface area contributed by atoms with Crippen LogP contribution in [0.5, 0.6) is 0 Å². The number of carboxylic acids is 1. The summed E-state index contributed by atoms with van der Waals surface area (Å²) in [7, 11) is 0. The Bertz CT molecular complexity index is 526.